The molecule has 0 aromatic carbocycles. The molecule has 6 heteroatoms. The molecule has 5 nitrogen and oxygen atoms in total. The van der Waals surface area contributed by atoms with Gasteiger partial charge in [0.1, 0.15) is 5.65 Å². The first-order valence-electron chi connectivity index (χ1n) is 9.56. The van der Waals surface area contributed by atoms with Gasteiger partial charge in [-0.1, -0.05) is 0 Å². The van der Waals surface area contributed by atoms with Crippen LogP contribution in [0.15, 0.2) is 30.2 Å². The number of aromatic nitrogens is 3. The van der Waals surface area contributed by atoms with Gasteiger partial charge in [-0.05, 0) is 43.2 Å². The molecule has 0 atom stereocenters. The van der Waals surface area contributed by atoms with Crippen molar-refractivity contribution in [3.63, 3.8) is 0 Å². The van der Waals surface area contributed by atoms with Crippen molar-refractivity contribution in [3.05, 3.63) is 35.7 Å². The van der Waals surface area contributed by atoms with Gasteiger partial charge < -0.3 is 9.72 Å². The van der Waals surface area contributed by atoms with Gasteiger partial charge in [0.15, 0.2) is 0 Å². The minimum Gasteiger partial charge on any atom is -0.379 e. The lowest BCUT2D eigenvalue weighted by Gasteiger charge is -2.38. The van der Waals surface area contributed by atoms with Crippen LogP contribution >= 0.6 is 11.3 Å². The molecule has 1 saturated heterocycles. The number of nitrogens with one attached hydrogen (secondary N) is 1. The van der Waals surface area contributed by atoms with E-state index in [-0.39, 0.29) is 1.43 Å². The maximum Gasteiger partial charge on any atom is 0.137 e. The number of ether oxygens (including phenoxy) is 1. The molecular weight excluding hydrogens is 344 g/mol. The summed E-state index contributed by atoms with van der Waals surface area (Å²) in [7, 11) is 0. The Balaban J connectivity index is 0.00000180. The lowest BCUT2D eigenvalue weighted by atomic mass is 9.81. The standard InChI is InChI=1S/C20H24N4OS.H2/c1-3-16(24-5-7-25-8-6-24)4-2-14(1)15-9-17-18(19-12-21-13-26-19)11-23-20(17)22-10-15;/h9-14,16H,1-8H2,(H,22,23);1H. The third-order valence-electron chi connectivity index (χ3n) is 5.98. The van der Waals surface area contributed by atoms with E-state index in [1.165, 1.54) is 47.1 Å². The molecule has 1 N–H and O–H groups in total. The third kappa shape index (κ3) is 3.06. The highest BCUT2D eigenvalue weighted by Crippen LogP contribution is 2.37. The van der Waals surface area contributed by atoms with E-state index in [2.05, 4.69) is 33.3 Å². The van der Waals surface area contributed by atoms with E-state index in [1.807, 2.05) is 11.7 Å². The van der Waals surface area contributed by atoms with Crippen molar-refractivity contribution in [2.24, 2.45) is 0 Å². The number of nitrogens with zero attached hydrogens (tertiary/aromatic N) is 3. The first-order chi connectivity index (χ1) is 12.9. The molecule has 3 aromatic rings. The molecule has 26 heavy (non-hydrogen) atoms. The summed E-state index contributed by atoms with van der Waals surface area (Å²) in [6.07, 6.45) is 11.2. The molecule has 4 heterocycles. The highest BCUT2D eigenvalue weighted by molar-refractivity contribution is 7.13. The van der Waals surface area contributed by atoms with Gasteiger partial charge in [0.2, 0.25) is 0 Å². The fourth-order valence-corrected chi connectivity index (χ4v) is 5.17. The molecule has 0 radical (unpaired) electrons. The number of pyridine rings is 1. The molecule has 2 fully saturated rings. The zero-order valence-electron chi connectivity index (χ0n) is 14.9. The second kappa shape index (κ2) is 7.10. The van der Waals surface area contributed by atoms with Crippen LogP contribution in [0.2, 0.25) is 0 Å². The zero-order valence-corrected chi connectivity index (χ0v) is 15.7. The molecule has 1 aliphatic carbocycles. The van der Waals surface area contributed by atoms with Gasteiger partial charge in [-0.15, -0.1) is 11.3 Å². The smallest absolute Gasteiger partial charge is 0.137 e. The summed E-state index contributed by atoms with van der Waals surface area (Å²) in [4.78, 5) is 16.1. The van der Waals surface area contributed by atoms with Gasteiger partial charge in [-0.25, -0.2) is 4.98 Å². The van der Waals surface area contributed by atoms with Crippen molar-refractivity contribution < 1.29 is 6.16 Å². The number of aromatic amines is 1. The van der Waals surface area contributed by atoms with Gasteiger partial charge in [-0.2, -0.15) is 0 Å². The van der Waals surface area contributed by atoms with Crippen LogP contribution in [0.3, 0.4) is 0 Å². The van der Waals surface area contributed by atoms with Gasteiger partial charge in [0.25, 0.3) is 0 Å². The second-order valence-corrected chi connectivity index (χ2v) is 8.27. The van der Waals surface area contributed by atoms with Gasteiger partial charge >= 0.3 is 0 Å². The minimum atomic E-state index is 0. The van der Waals surface area contributed by atoms with Crippen LogP contribution in [0.1, 0.15) is 38.6 Å². The number of thiazole rings is 1. The molecule has 2 aliphatic rings. The largest absolute Gasteiger partial charge is 0.379 e. The first-order valence-corrected chi connectivity index (χ1v) is 10.4. The van der Waals surface area contributed by atoms with E-state index >= 15 is 0 Å². The number of hydrogen-bond donors (Lipinski definition) is 1. The number of rotatable bonds is 3. The molecule has 1 saturated carbocycles. The summed E-state index contributed by atoms with van der Waals surface area (Å²) < 4.78 is 5.50. The summed E-state index contributed by atoms with van der Waals surface area (Å²) in [5.74, 6) is 0.633. The average Bonchev–Trinajstić information content (AvgIpc) is 3.38. The summed E-state index contributed by atoms with van der Waals surface area (Å²) in [6, 6.07) is 3.10. The minimum absolute atomic E-state index is 0. The quantitative estimate of drug-likeness (QED) is 0.747. The highest BCUT2D eigenvalue weighted by Gasteiger charge is 2.28. The number of hydrogen-bond acceptors (Lipinski definition) is 5. The van der Waals surface area contributed by atoms with E-state index in [1.54, 1.807) is 11.3 Å². The number of fused-ring (bicyclic) bond motifs is 1. The fourth-order valence-electron chi connectivity index (χ4n) is 4.51. The molecule has 138 valence electrons. The van der Waals surface area contributed by atoms with Crippen LogP contribution in [-0.2, 0) is 4.74 Å². The average molecular weight is 371 g/mol. The molecule has 0 bridgehead atoms. The SMILES string of the molecule is [HH].c1ncc(-c2c[nH]c3ncc(C4CCC(N5CCOCC5)CC4)cc23)s1. The highest BCUT2D eigenvalue weighted by atomic mass is 32.1. The van der Waals surface area contributed by atoms with Crippen molar-refractivity contribution in [2.45, 2.75) is 37.6 Å². The lowest BCUT2D eigenvalue weighted by molar-refractivity contribution is 0.00729. The summed E-state index contributed by atoms with van der Waals surface area (Å²) in [5.41, 5.74) is 5.47. The normalized spacial score (nSPS) is 24.9. The Morgan fingerprint density at radius 1 is 1.15 bits per heavy atom. The van der Waals surface area contributed by atoms with Crippen molar-refractivity contribution in [1.82, 2.24) is 19.9 Å². The maximum atomic E-state index is 5.50. The maximum absolute atomic E-state index is 5.50. The molecule has 0 spiro atoms. The van der Waals surface area contributed by atoms with E-state index in [4.69, 9.17) is 9.72 Å². The van der Waals surface area contributed by atoms with Gasteiger partial charge in [-0.3, -0.25) is 9.88 Å². The Labute approximate surface area is 158 Å². The van der Waals surface area contributed by atoms with Crippen molar-refractivity contribution >= 4 is 22.4 Å². The number of H-pyrrole nitrogens is 1. The molecule has 3 aromatic heterocycles. The van der Waals surface area contributed by atoms with Gasteiger partial charge in [0, 0.05) is 50.1 Å². The van der Waals surface area contributed by atoms with Crippen LogP contribution in [0.5, 0.6) is 0 Å². The van der Waals surface area contributed by atoms with Crippen LogP contribution in [-0.4, -0.2) is 52.2 Å². The summed E-state index contributed by atoms with van der Waals surface area (Å²) >= 11 is 1.68. The molecular formula is C20H26N4OS. The van der Waals surface area contributed by atoms with E-state index in [0.717, 1.165) is 38.0 Å². The monoisotopic (exact) mass is 370 g/mol. The Kier molecular flexibility index (Phi) is 4.48. The van der Waals surface area contributed by atoms with Crippen LogP contribution in [0.25, 0.3) is 21.5 Å². The summed E-state index contributed by atoms with van der Waals surface area (Å²) in [5, 5.41) is 1.22. The Morgan fingerprint density at radius 3 is 2.77 bits per heavy atom. The van der Waals surface area contributed by atoms with Crippen LogP contribution < -0.4 is 0 Å². The van der Waals surface area contributed by atoms with E-state index in [9.17, 15) is 0 Å². The predicted molar refractivity (Wildman–Crippen MR) is 107 cm³/mol. The third-order valence-corrected chi connectivity index (χ3v) is 6.79. The van der Waals surface area contributed by atoms with Crippen molar-refractivity contribution in [1.29, 1.82) is 0 Å². The molecule has 0 amide bonds. The Hall–Kier alpha value is -1.76. The zero-order chi connectivity index (χ0) is 17.3. The van der Waals surface area contributed by atoms with Crippen molar-refractivity contribution in [2.75, 3.05) is 26.3 Å². The fraction of sp³-hybridized carbons (Fsp3) is 0.500. The van der Waals surface area contributed by atoms with Crippen LogP contribution in [0, 0.1) is 0 Å². The van der Waals surface area contributed by atoms with Gasteiger partial charge in [0.05, 0.1) is 23.6 Å². The first kappa shape index (κ1) is 16.4. The summed E-state index contributed by atoms with van der Waals surface area (Å²) in [6.45, 7) is 4.00. The Morgan fingerprint density at radius 2 is 2.00 bits per heavy atom. The lowest BCUT2D eigenvalue weighted by Crippen LogP contribution is -2.44. The topological polar surface area (TPSA) is 54.0 Å². The number of morpholine rings is 1. The Bertz CT molecular complexity index is 867. The van der Waals surface area contributed by atoms with E-state index in [0.29, 0.717) is 5.92 Å². The van der Waals surface area contributed by atoms with Crippen LogP contribution in [0.4, 0.5) is 0 Å². The molecule has 1 aliphatic heterocycles. The molecule has 5 rings (SSSR count). The predicted octanol–water partition coefficient (Wildman–Crippen LogP) is 4.29. The van der Waals surface area contributed by atoms with Crippen molar-refractivity contribution in [3.8, 4) is 10.4 Å². The van der Waals surface area contributed by atoms with E-state index < -0.39 is 0 Å². The molecule has 0 unspecified atom stereocenters. The second-order valence-electron chi connectivity index (χ2n) is 7.39.